The molecule has 22 heavy (non-hydrogen) atoms. The van der Waals surface area contributed by atoms with E-state index in [1.165, 1.54) is 18.2 Å². The largest absolute Gasteiger partial charge is 0.306 e. The van der Waals surface area contributed by atoms with E-state index in [0.29, 0.717) is 5.56 Å². The SMILES string of the molecule is CN1CCC(c2ccc(S(=O)(=O)c3ccccc3)cc2F)C1. The van der Waals surface area contributed by atoms with Crippen molar-refractivity contribution in [3.8, 4) is 0 Å². The number of halogens is 1. The number of benzene rings is 2. The second kappa shape index (κ2) is 5.82. The van der Waals surface area contributed by atoms with E-state index in [0.717, 1.165) is 25.6 Å². The molecule has 0 bridgehead atoms. The van der Waals surface area contributed by atoms with Gasteiger partial charge in [-0.05, 0) is 49.8 Å². The lowest BCUT2D eigenvalue weighted by Crippen LogP contribution is -2.14. The standard InChI is InChI=1S/C17H18FNO2S/c1-19-10-9-13(12-19)16-8-7-15(11-17(16)18)22(20,21)14-5-3-2-4-6-14/h2-8,11,13H,9-10,12H2,1H3. The molecule has 1 aliphatic rings. The number of likely N-dealkylation sites (tertiary alicyclic amines) is 1. The summed E-state index contributed by atoms with van der Waals surface area (Å²) >= 11 is 0. The first-order valence-corrected chi connectivity index (χ1v) is 8.75. The number of likely N-dealkylation sites (N-methyl/N-ethyl adjacent to an activating group) is 1. The maximum atomic E-state index is 14.4. The van der Waals surface area contributed by atoms with Crippen LogP contribution in [0.25, 0.3) is 0 Å². The minimum atomic E-state index is -3.66. The predicted octanol–water partition coefficient (Wildman–Crippen LogP) is 3.08. The van der Waals surface area contributed by atoms with Crippen molar-refractivity contribution in [2.45, 2.75) is 22.1 Å². The van der Waals surface area contributed by atoms with E-state index in [4.69, 9.17) is 0 Å². The first-order chi connectivity index (χ1) is 10.5. The maximum absolute atomic E-state index is 14.4. The molecule has 0 amide bonds. The smallest absolute Gasteiger partial charge is 0.206 e. The molecule has 2 aromatic rings. The van der Waals surface area contributed by atoms with Crippen molar-refractivity contribution in [2.24, 2.45) is 0 Å². The number of nitrogens with zero attached hydrogens (tertiary/aromatic N) is 1. The molecule has 2 aromatic carbocycles. The minimum Gasteiger partial charge on any atom is -0.306 e. The summed E-state index contributed by atoms with van der Waals surface area (Å²) in [5.41, 5.74) is 0.608. The lowest BCUT2D eigenvalue weighted by Gasteiger charge is -2.13. The zero-order valence-electron chi connectivity index (χ0n) is 12.4. The van der Waals surface area contributed by atoms with E-state index in [1.807, 2.05) is 7.05 Å². The Morgan fingerprint density at radius 3 is 2.41 bits per heavy atom. The molecular formula is C17H18FNO2S. The van der Waals surface area contributed by atoms with Gasteiger partial charge in [0.25, 0.3) is 0 Å². The summed E-state index contributed by atoms with van der Waals surface area (Å²) in [6, 6.07) is 12.4. The molecule has 0 spiro atoms. The summed E-state index contributed by atoms with van der Waals surface area (Å²) < 4.78 is 39.4. The first-order valence-electron chi connectivity index (χ1n) is 7.26. The van der Waals surface area contributed by atoms with Crippen LogP contribution in [0, 0.1) is 5.82 Å². The average Bonchev–Trinajstić information content (AvgIpc) is 2.94. The van der Waals surface area contributed by atoms with Gasteiger partial charge in [0.15, 0.2) is 0 Å². The average molecular weight is 319 g/mol. The second-order valence-corrected chi connectivity index (χ2v) is 7.70. The topological polar surface area (TPSA) is 37.4 Å². The molecule has 0 aliphatic carbocycles. The van der Waals surface area contributed by atoms with Gasteiger partial charge in [-0.25, -0.2) is 12.8 Å². The number of rotatable bonds is 3. The fourth-order valence-electron chi connectivity index (χ4n) is 2.93. The number of sulfone groups is 1. The normalized spacial score (nSPS) is 19.5. The van der Waals surface area contributed by atoms with Gasteiger partial charge in [-0.1, -0.05) is 24.3 Å². The molecule has 0 aromatic heterocycles. The monoisotopic (exact) mass is 319 g/mol. The van der Waals surface area contributed by atoms with E-state index in [-0.39, 0.29) is 15.7 Å². The number of hydrogen-bond donors (Lipinski definition) is 0. The van der Waals surface area contributed by atoms with Gasteiger partial charge in [0.2, 0.25) is 9.84 Å². The highest BCUT2D eigenvalue weighted by atomic mass is 32.2. The van der Waals surface area contributed by atoms with Crippen LogP contribution in [0.2, 0.25) is 0 Å². The van der Waals surface area contributed by atoms with E-state index in [9.17, 15) is 12.8 Å². The molecule has 1 unspecified atom stereocenters. The summed E-state index contributed by atoms with van der Waals surface area (Å²) in [7, 11) is -1.66. The summed E-state index contributed by atoms with van der Waals surface area (Å²) in [4.78, 5) is 2.34. The van der Waals surface area contributed by atoms with Crippen molar-refractivity contribution >= 4 is 9.84 Å². The van der Waals surface area contributed by atoms with Crippen LogP contribution in [0.3, 0.4) is 0 Å². The quantitative estimate of drug-likeness (QED) is 0.872. The third kappa shape index (κ3) is 2.78. The molecule has 116 valence electrons. The summed E-state index contributed by atoms with van der Waals surface area (Å²) in [6.07, 6.45) is 0.901. The van der Waals surface area contributed by atoms with E-state index < -0.39 is 15.7 Å². The van der Waals surface area contributed by atoms with E-state index in [1.54, 1.807) is 24.3 Å². The predicted molar refractivity (Wildman–Crippen MR) is 83.1 cm³/mol. The molecule has 0 saturated carbocycles. The van der Waals surface area contributed by atoms with Crippen LogP contribution in [0.5, 0.6) is 0 Å². The molecule has 1 atom stereocenters. The zero-order chi connectivity index (χ0) is 15.7. The van der Waals surface area contributed by atoms with Gasteiger partial charge in [-0.3, -0.25) is 0 Å². The van der Waals surface area contributed by atoms with Gasteiger partial charge in [0, 0.05) is 12.5 Å². The third-order valence-electron chi connectivity index (χ3n) is 4.17. The fourth-order valence-corrected chi connectivity index (χ4v) is 4.22. The van der Waals surface area contributed by atoms with Gasteiger partial charge < -0.3 is 4.90 Å². The van der Waals surface area contributed by atoms with Crippen LogP contribution in [0.4, 0.5) is 4.39 Å². The van der Waals surface area contributed by atoms with E-state index >= 15 is 0 Å². The van der Waals surface area contributed by atoms with Crippen molar-refractivity contribution in [1.82, 2.24) is 4.90 Å². The van der Waals surface area contributed by atoms with Crippen LogP contribution >= 0.6 is 0 Å². The Labute approximate surface area is 130 Å². The molecule has 0 N–H and O–H groups in total. The van der Waals surface area contributed by atoms with Crippen LogP contribution in [-0.4, -0.2) is 33.5 Å². The molecule has 3 rings (SSSR count). The van der Waals surface area contributed by atoms with Gasteiger partial charge in [0.05, 0.1) is 9.79 Å². The van der Waals surface area contributed by atoms with Crippen molar-refractivity contribution in [1.29, 1.82) is 0 Å². The van der Waals surface area contributed by atoms with Crippen LogP contribution in [0.15, 0.2) is 58.3 Å². The first kappa shape index (κ1) is 15.2. The van der Waals surface area contributed by atoms with Gasteiger partial charge in [0.1, 0.15) is 5.82 Å². The van der Waals surface area contributed by atoms with Crippen molar-refractivity contribution in [3.05, 3.63) is 59.9 Å². The Hall–Kier alpha value is -1.72. The highest BCUT2D eigenvalue weighted by molar-refractivity contribution is 7.91. The molecule has 3 nitrogen and oxygen atoms in total. The maximum Gasteiger partial charge on any atom is 0.206 e. The highest BCUT2D eigenvalue weighted by Crippen LogP contribution is 2.30. The molecule has 1 heterocycles. The van der Waals surface area contributed by atoms with Crippen LogP contribution in [-0.2, 0) is 9.84 Å². The Balaban J connectivity index is 1.95. The molecule has 1 aliphatic heterocycles. The van der Waals surface area contributed by atoms with Crippen molar-refractivity contribution in [2.75, 3.05) is 20.1 Å². The Kier molecular flexibility index (Phi) is 4.02. The highest BCUT2D eigenvalue weighted by Gasteiger charge is 2.25. The van der Waals surface area contributed by atoms with Crippen molar-refractivity contribution in [3.63, 3.8) is 0 Å². The third-order valence-corrected chi connectivity index (χ3v) is 5.93. The summed E-state index contributed by atoms with van der Waals surface area (Å²) in [6.45, 7) is 1.75. The number of hydrogen-bond acceptors (Lipinski definition) is 3. The Bertz CT molecular complexity index is 775. The zero-order valence-corrected chi connectivity index (χ0v) is 13.2. The van der Waals surface area contributed by atoms with Crippen LogP contribution in [0.1, 0.15) is 17.9 Å². The van der Waals surface area contributed by atoms with Crippen molar-refractivity contribution < 1.29 is 12.8 Å². The minimum absolute atomic E-state index is 0.00583. The molecule has 1 saturated heterocycles. The van der Waals surface area contributed by atoms with Gasteiger partial charge in [-0.2, -0.15) is 0 Å². The van der Waals surface area contributed by atoms with Gasteiger partial charge in [-0.15, -0.1) is 0 Å². The summed E-state index contributed by atoms with van der Waals surface area (Å²) in [5.74, 6) is -0.296. The lowest BCUT2D eigenvalue weighted by atomic mass is 9.98. The molecule has 5 heteroatoms. The van der Waals surface area contributed by atoms with Gasteiger partial charge >= 0.3 is 0 Å². The molecule has 1 fully saturated rings. The Morgan fingerprint density at radius 1 is 1.09 bits per heavy atom. The van der Waals surface area contributed by atoms with Crippen LogP contribution < -0.4 is 0 Å². The Morgan fingerprint density at radius 2 is 1.82 bits per heavy atom. The lowest BCUT2D eigenvalue weighted by molar-refractivity contribution is 0.410. The second-order valence-electron chi connectivity index (χ2n) is 5.75. The van der Waals surface area contributed by atoms with E-state index in [2.05, 4.69) is 4.90 Å². The molecular weight excluding hydrogens is 301 g/mol. The molecule has 0 radical (unpaired) electrons. The fraction of sp³-hybridized carbons (Fsp3) is 0.294. The summed E-state index contributed by atoms with van der Waals surface area (Å²) in [5, 5.41) is 0.